The van der Waals surface area contributed by atoms with Crippen molar-refractivity contribution in [1.82, 2.24) is 9.88 Å². The van der Waals surface area contributed by atoms with Crippen LogP contribution in [0.2, 0.25) is 0 Å². The quantitative estimate of drug-likeness (QED) is 0.860. The van der Waals surface area contributed by atoms with E-state index < -0.39 is 37.1 Å². The molecule has 0 saturated heterocycles. The number of halogens is 3. The first kappa shape index (κ1) is 15.1. The molecule has 2 N–H and O–H groups in total. The second-order valence-corrected chi connectivity index (χ2v) is 4.11. The fourth-order valence-corrected chi connectivity index (χ4v) is 1.60. The Labute approximate surface area is 107 Å². The topological polar surface area (TPSA) is 71.3 Å². The lowest BCUT2D eigenvalue weighted by Gasteiger charge is -2.16. The van der Waals surface area contributed by atoms with Gasteiger partial charge in [0.25, 0.3) is 5.91 Å². The number of carbonyl (C=O) groups is 2. The smallest absolute Gasteiger partial charge is 0.391 e. The first-order valence-corrected chi connectivity index (χ1v) is 5.43. The average molecular weight is 278 g/mol. The Balaban J connectivity index is 2.68. The third-order valence-corrected chi connectivity index (χ3v) is 2.28. The fourth-order valence-electron chi connectivity index (χ4n) is 1.60. The summed E-state index contributed by atoms with van der Waals surface area (Å²) in [4.78, 5) is 22.3. The largest absolute Gasteiger partial charge is 0.480 e. The number of hydrogen-bond acceptors (Lipinski definition) is 2. The average Bonchev–Trinajstić information content (AvgIpc) is 2.61. The molecule has 106 valence electrons. The van der Waals surface area contributed by atoms with Crippen LogP contribution in [0.4, 0.5) is 13.2 Å². The lowest BCUT2D eigenvalue weighted by Crippen LogP contribution is -2.37. The Bertz CT molecular complexity index is 468. The Morgan fingerprint density at radius 1 is 1.47 bits per heavy atom. The van der Waals surface area contributed by atoms with Crippen LogP contribution < -0.4 is 5.32 Å². The Morgan fingerprint density at radius 2 is 2.11 bits per heavy atom. The fraction of sp³-hybridized carbons (Fsp3) is 0.455. The summed E-state index contributed by atoms with van der Waals surface area (Å²) in [7, 11) is 0. The molecule has 0 fully saturated rings. The standard InChI is InChI=1S/C11H13F3N2O3/c1-7(5-11(12,13)14)15-10(19)8-3-2-4-16(8)6-9(17)18/h2-4,7H,5-6H2,1H3,(H,15,19)(H,17,18). The maximum Gasteiger partial charge on any atom is 0.391 e. The molecule has 1 unspecified atom stereocenters. The molecule has 0 aliphatic rings. The highest BCUT2D eigenvalue weighted by molar-refractivity contribution is 5.93. The third kappa shape index (κ3) is 5.02. The maximum absolute atomic E-state index is 12.1. The van der Waals surface area contributed by atoms with Gasteiger partial charge in [0.1, 0.15) is 12.2 Å². The molecule has 0 bridgehead atoms. The monoisotopic (exact) mass is 278 g/mol. The molecule has 0 aliphatic carbocycles. The second kappa shape index (κ2) is 5.77. The Morgan fingerprint density at radius 3 is 2.63 bits per heavy atom. The summed E-state index contributed by atoms with van der Waals surface area (Å²) >= 11 is 0. The molecule has 0 aromatic carbocycles. The van der Waals surface area contributed by atoms with Gasteiger partial charge in [-0.3, -0.25) is 9.59 Å². The Hall–Kier alpha value is -1.99. The first-order valence-electron chi connectivity index (χ1n) is 5.43. The number of aromatic nitrogens is 1. The van der Waals surface area contributed by atoms with Crippen molar-refractivity contribution >= 4 is 11.9 Å². The minimum absolute atomic E-state index is 0.0106. The van der Waals surface area contributed by atoms with E-state index in [9.17, 15) is 22.8 Å². The van der Waals surface area contributed by atoms with Crippen molar-refractivity contribution in [2.24, 2.45) is 0 Å². The molecule has 8 heteroatoms. The number of aliphatic carboxylic acids is 1. The van der Waals surface area contributed by atoms with Crippen LogP contribution >= 0.6 is 0 Å². The van der Waals surface area contributed by atoms with Crippen LogP contribution in [0.3, 0.4) is 0 Å². The zero-order chi connectivity index (χ0) is 14.6. The lowest BCUT2D eigenvalue weighted by atomic mass is 10.2. The van der Waals surface area contributed by atoms with E-state index in [4.69, 9.17) is 5.11 Å². The van der Waals surface area contributed by atoms with E-state index in [0.29, 0.717) is 0 Å². The summed E-state index contributed by atoms with van der Waals surface area (Å²) in [5.41, 5.74) is 0.0106. The number of hydrogen-bond donors (Lipinski definition) is 2. The van der Waals surface area contributed by atoms with Crippen LogP contribution in [0.1, 0.15) is 23.8 Å². The molecular formula is C11H13F3N2O3. The molecule has 1 atom stereocenters. The molecule has 0 aliphatic heterocycles. The zero-order valence-corrected chi connectivity index (χ0v) is 10.1. The lowest BCUT2D eigenvalue weighted by molar-refractivity contribution is -0.138. The predicted octanol–water partition coefficient (Wildman–Crippen LogP) is 1.64. The van der Waals surface area contributed by atoms with Gasteiger partial charge in [0.15, 0.2) is 0 Å². The third-order valence-electron chi connectivity index (χ3n) is 2.28. The molecule has 1 aromatic rings. The molecule has 1 aromatic heterocycles. The Kier molecular flexibility index (Phi) is 4.57. The van der Waals surface area contributed by atoms with E-state index in [2.05, 4.69) is 5.32 Å². The van der Waals surface area contributed by atoms with Crippen LogP contribution in [-0.2, 0) is 11.3 Å². The molecular weight excluding hydrogens is 265 g/mol. The molecule has 19 heavy (non-hydrogen) atoms. The van der Waals surface area contributed by atoms with Gasteiger partial charge in [0, 0.05) is 12.2 Å². The molecule has 0 radical (unpaired) electrons. The van der Waals surface area contributed by atoms with Crippen molar-refractivity contribution in [1.29, 1.82) is 0 Å². The SMILES string of the molecule is CC(CC(F)(F)F)NC(=O)c1cccn1CC(=O)O. The summed E-state index contributed by atoms with van der Waals surface area (Å²) < 4.78 is 37.5. The van der Waals surface area contributed by atoms with Crippen LogP contribution in [0.25, 0.3) is 0 Å². The molecule has 0 saturated carbocycles. The van der Waals surface area contributed by atoms with Gasteiger partial charge in [0.2, 0.25) is 0 Å². The molecule has 1 heterocycles. The van der Waals surface area contributed by atoms with E-state index in [0.717, 1.165) is 4.57 Å². The van der Waals surface area contributed by atoms with Crippen molar-refractivity contribution in [3.63, 3.8) is 0 Å². The number of nitrogens with zero attached hydrogens (tertiary/aromatic N) is 1. The number of amides is 1. The van der Waals surface area contributed by atoms with E-state index >= 15 is 0 Å². The van der Waals surface area contributed by atoms with Crippen molar-refractivity contribution in [3.8, 4) is 0 Å². The number of rotatable bonds is 5. The number of alkyl halides is 3. The van der Waals surface area contributed by atoms with E-state index in [1.165, 1.54) is 25.3 Å². The van der Waals surface area contributed by atoms with E-state index in [1.54, 1.807) is 0 Å². The van der Waals surface area contributed by atoms with Gasteiger partial charge in [0.05, 0.1) is 6.42 Å². The zero-order valence-electron chi connectivity index (χ0n) is 10.1. The first-order chi connectivity index (χ1) is 8.69. The highest BCUT2D eigenvalue weighted by Crippen LogP contribution is 2.21. The summed E-state index contributed by atoms with van der Waals surface area (Å²) in [5.74, 6) is -1.88. The van der Waals surface area contributed by atoms with Crippen molar-refractivity contribution < 1.29 is 27.9 Å². The van der Waals surface area contributed by atoms with Gasteiger partial charge in [-0.15, -0.1) is 0 Å². The van der Waals surface area contributed by atoms with E-state index in [1.807, 2.05) is 0 Å². The van der Waals surface area contributed by atoms with Gasteiger partial charge >= 0.3 is 12.1 Å². The number of carboxylic acids is 1. The molecule has 5 nitrogen and oxygen atoms in total. The van der Waals surface area contributed by atoms with Crippen molar-refractivity contribution in [3.05, 3.63) is 24.0 Å². The summed E-state index contributed by atoms with van der Waals surface area (Å²) in [6.07, 6.45) is -4.13. The number of carbonyl (C=O) groups excluding carboxylic acids is 1. The van der Waals surface area contributed by atoms with Crippen LogP contribution in [-0.4, -0.2) is 33.8 Å². The van der Waals surface area contributed by atoms with Gasteiger partial charge in [-0.1, -0.05) is 0 Å². The highest BCUT2D eigenvalue weighted by Gasteiger charge is 2.30. The predicted molar refractivity (Wildman–Crippen MR) is 59.7 cm³/mol. The normalized spacial score (nSPS) is 13.1. The van der Waals surface area contributed by atoms with Crippen LogP contribution in [0, 0.1) is 0 Å². The van der Waals surface area contributed by atoms with Gasteiger partial charge < -0.3 is 15.0 Å². The van der Waals surface area contributed by atoms with Gasteiger partial charge in [-0.2, -0.15) is 13.2 Å². The minimum atomic E-state index is -4.37. The van der Waals surface area contributed by atoms with Crippen molar-refractivity contribution in [2.75, 3.05) is 0 Å². The number of nitrogens with one attached hydrogen (secondary N) is 1. The highest BCUT2D eigenvalue weighted by atomic mass is 19.4. The van der Waals surface area contributed by atoms with Gasteiger partial charge in [-0.25, -0.2) is 0 Å². The maximum atomic E-state index is 12.1. The van der Waals surface area contributed by atoms with Gasteiger partial charge in [-0.05, 0) is 19.1 Å². The second-order valence-electron chi connectivity index (χ2n) is 4.11. The molecule has 1 rings (SSSR count). The summed E-state index contributed by atoms with van der Waals surface area (Å²) in [5, 5.41) is 10.8. The summed E-state index contributed by atoms with van der Waals surface area (Å²) in [6, 6.07) is 1.71. The molecule has 0 spiro atoms. The van der Waals surface area contributed by atoms with Crippen molar-refractivity contribution in [2.45, 2.75) is 32.1 Å². The van der Waals surface area contributed by atoms with E-state index in [-0.39, 0.29) is 5.69 Å². The minimum Gasteiger partial charge on any atom is -0.480 e. The summed E-state index contributed by atoms with van der Waals surface area (Å²) in [6.45, 7) is 0.805. The number of carboxylic acid groups (broad SMARTS) is 1. The molecule has 1 amide bonds. The van der Waals surface area contributed by atoms with Crippen LogP contribution in [0.5, 0.6) is 0 Å². The van der Waals surface area contributed by atoms with Crippen LogP contribution in [0.15, 0.2) is 18.3 Å².